The zero-order valence-corrected chi connectivity index (χ0v) is 11.1. The lowest BCUT2D eigenvalue weighted by Gasteiger charge is -2.10. The van der Waals surface area contributed by atoms with Crippen LogP contribution in [-0.4, -0.2) is 4.98 Å². The minimum Gasteiger partial charge on any atom is -0.397 e. The second-order valence-electron chi connectivity index (χ2n) is 3.74. The van der Waals surface area contributed by atoms with Gasteiger partial charge in [-0.1, -0.05) is 0 Å². The third-order valence-electron chi connectivity index (χ3n) is 2.39. The van der Waals surface area contributed by atoms with Gasteiger partial charge in [0, 0.05) is 10.5 Å². The zero-order chi connectivity index (χ0) is 13.3. The van der Waals surface area contributed by atoms with Gasteiger partial charge in [-0.2, -0.15) is 0 Å². The van der Waals surface area contributed by atoms with Crippen LogP contribution in [0.15, 0.2) is 28.7 Å². The molecule has 0 atom stereocenters. The van der Waals surface area contributed by atoms with Gasteiger partial charge in [0.05, 0.1) is 17.1 Å². The van der Waals surface area contributed by atoms with Crippen LogP contribution >= 0.6 is 15.9 Å². The lowest BCUT2D eigenvalue weighted by atomic mass is 10.2. The molecule has 1 heterocycles. The highest BCUT2D eigenvalue weighted by molar-refractivity contribution is 9.10. The van der Waals surface area contributed by atoms with Crippen molar-refractivity contribution in [3.05, 3.63) is 46.1 Å². The van der Waals surface area contributed by atoms with Gasteiger partial charge in [0.15, 0.2) is 5.82 Å². The summed E-state index contributed by atoms with van der Waals surface area (Å²) in [6, 6.07) is 5.27. The van der Waals surface area contributed by atoms with Crippen LogP contribution in [-0.2, 0) is 0 Å². The number of nitrogens with one attached hydrogen (secondary N) is 1. The quantitative estimate of drug-likeness (QED) is 0.887. The Kier molecular flexibility index (Phi) is 3.47. The first-order valence-electron chi connectivity index (χ1n) is 5.12. The number of benzene rings is 1. The fraction of sp³-hybridized carbons (Fsp3) is 0.0833. The van der Waals surface area contributed by atoms with Crippen LogP contribution in [0.25, 0.3) is 0 Å². The molecule has 0 saturated heterocycles. The molecular weight excluding hydrogens is 304 g/mol. The fourth-order valence-electron chi connectivity index (χ4n) is 1.43. The minimum atomic E-state index is -0.696. The molecule has 2 aromatic rings. The molecule has 6 heteroatoms. The maximum Gasteiger partial charge on any atom is 0.150 e. The van der Waals surface area contributed by atoms with E-state index in [2.05, 4.69) is 26.2 Å². The Bertz CT molecular complexity index is 579. The first kappa shape index (κ1) is 12.8. The molecule has 94 valence electrons. The van der Waals surface area contributed by atoms with Crippen LogP contribution in [0.4, 0.5) is 26.0 Å². The minimum absolute atomic E-state index is 0.132. The molecule has 0 amide bonds. The number of rotatable bonds is 2. The predicted molar refractivity (Wildman–Crippen MR) is 70.7 cm³/mol. The maximum atomic E-state index is 13.6. The van der Waals surface area contributed by atoms with E-state index in [4.69, 9.17) is 5.73 Å². The number of nitrogens with two attached hydrogens (primary N) is 1. The van der Waals surface area contributed by atoms with E-state index in [1.165, 1.54) is 6.07 Å². The molecular formula is C12H10BrF2N3. The molecule has 0 fully saturated rings. The Morgan fingerprint density at radius 3 is 2.61 bits per heavy atom. The van der Waals surface area contributed by atoms with E-state index in [0.29, 0.717) is 17.2 Å². The third-order valence-corrected chi connectivity index (χ3v) is 3.01. The van der Waals surface area contributed by atoms with Crippen molar-refractivity contribution in [3.63, 3.8) is 0 Å². The van der Waals surface area contributed by atoms with Gasteiger partial charge in [-0.15, -0.1) is 0 Å². The SMILES string of the molecule is Cc1nc(Nc2c(F)cc(F)cc2Br)ccc1N. The number of hydrogen-bond donors (Lipinski definition) is 2. The monoisotopic (exact) mass is 313 g/mol. The molecule has 3 N–H and O–H groups in total. The van der Waals surface area contributed by atoms with E-state index in [1.807, 2.05) is 0 Å². The highest BCUT2D eigenvalue weighted by atomic mass is 79.9. The number of anilines is 3. The van der Waals surface area contributed by atoms with Gasteiger partial charge in [0.25, 0.3) is 0 Å². The lowest BCUT2D eigenvalue weighted by Crippen LogP contribution is -2.01. The first-order chi connectivity index (χ1) is 8.47. The van der Waals surface area contributed by atoms with Crippen molar-refractivity contribution in [2.75, 3.05) is 11.1 Å². The van der Waals surface area contributed by atoms with Crippen molar-refractivity contribution < 1.29 is 8.78 Å². The highest BCUT2D eigenvalue weighted by Gasteiger charge is 2.10. The molecule has 0 spiro atoms. The van der Waals surface area contributed by atoms with E-state index in [9.17, 15) is 8.78 Å². The topological polar surface area (TPSA) is 50.9 Å². The molecule has 1 aromatic carbocycles. The van der Waals surface area contributed by atoms with Crippen molar-refractivity contribution >= 4 is 33.1 Å². The Balaban J connectivity index is 2.37. The molecule has 0 aliphatic carbocycles. The lowest BCUT2D eigenvalue weighted by molar-refractivity contribution is 0.584. The van der Waals surface area contributed by atoms with Crippen LogP contribution in [0.2, 0.25) is 0 Å². The summed E-state index contributed by atoms with van der Waals surface area (Å²) >= 11 is 3.09. The maximum absolute atomic E-state index is 13.6. The van der Waals surface area contributed by atoms with Crippen molar-refractivity contribution in [1.82, 2.24) is 4.98 Å². The van der Waals surface area contributed by atoms with Gasteiger partial charge in [-0.05, 0) is 41.1 Å². The molecule has 0 aliphatic heterocycles. The third kappa shape index (κ3) is 2.59. The van der Waals surface area contributed by atoms with Crippen LogP contribution in [0.3, 0.4) is 0 Å². The number of nitrogen functional groups attached to an aromatic ring is 1. The molecule has 2 rings (SSSR count). The number of hydrogen-bond acceptors (Lipinski definition) is 3. The average Bonchev–Trinajstić information content (AvgIpc) is 2.28. The van der Waals surface area contributed by atoms with E-state index in [0.717, 1.165) is 6.07 Å². The Morgan fingerprint density at radius 1 is 1.28 bits per heavy atom. The number of pyridine rings is 1. The normalized spacial score (nSPS) is 10.4. The summed E-state index contributed by atoms with van der Waals surface area (Å²) < 4.78 is 26.8. The Morgan fingerprint density at radius 2 is 2.00 bits per heavy atom. The molecule has 18 heavy (non-hydrogen) atoms. The zero-order valence-electron chi connectivity index (χ0n) is 9.47. The number of nitrogens with zero attached hydrogens (tertiary/aromatic N) is 1. The highest BCUT2D eigenvalue weighted by Crippen LogP contribution is 2.29. The molecule has 3 nitrogen and oxygen atoms in total. The van der Waals surface area contributed by atoms with Gasteiger partial charge in [-0.25, -0.2) is 13.8 Å². The van der Waals surface area contributed by atoms with Crippen LogP contribution < -0.4 is 11.1 Å². The predicted octanol–water partition coefficient (Wildman–Crippen LogP) is 3.76. The fourth-order valence-corrected chi connectivity index (χ4v) is 1.94. The van der Waals surface area contributed by atoms with Gasteiger partial charge < -0.3 is 11.1 Å². The van der Waals surface area contributed by atoms with E-state index < -0.39 is 11.6 Å². The van der Waals surface area contributed by atoms with Crippen LogP contribution in [0, 0.1) is 18.6 Å². The van der Waals surface area contributed by atoms with Crippen molar-refractivity contribution in [2.24, 2.45) is 0 Å². The van der Waals surface area contributed by atoms with Gasteiger partial charge in [0.1, 0.15) is 11.6 Å². The largest absolute Gasteiger partial charge is 0.397 e. The second-order valence-corrected chi connectivity index (χ2v) is 4.59. The summed E-state index contributed by atoms with van der Waals surface area (Å²) in [4.78, 5) is 4.16. The summed E-state index contributed by atoms with van der Waals surface area (Å²) in [5.74, 6) is -0.905. The summed E-state index contributed by atoms with van der Waals surface area (Å²) in [6.45, 7) is 1.75. The summed E-state index contributed by atoms with van der Waals surface area (Å²) in [7, 11) is 0. The van der Waals surface area contributed by atoms with Gasteiger partial charge >= 0.3 is 0 Å². The van der Waals surface area contributed by atoms with Crippen molar-refractivity contribution in [1.29, 1.82) is 0 Å². The molecule has 0 unspecified atom stereocenters. The Hall–Kier alpha value is -1.69. The van der Waals surface area contributed by atoms with Crippen molar-refractivity contribution in [3.8, 4) is 0 Å². The molecule has 1 aromatic heterocycles. The number of halogens is 3. The standard InChI is InChI=1S/C12H10BrF2N3/c1-6-10(16)2-3-11(17-6)18-12-8(13)4-7(14)5-9(12)15/h2-5H,16H2,1H3,(H,17,18). The van der Waals surface area contributed by atoms with Crippen molar-refractivity contribution in [2.45, 2.75) is 6.92 Å². The van der Waals surface area contributed by atoms with Gasteiger partial charge in [0.2, 0.25) is 0 Å². The van der Waals surface area contributed by atoms with E-state index in [-0.39, 0.29) is 10.2 Å². The van der Waals surface area contributed by atoms with Crippen LogP contribution in [0.5, 0.6) is 0 Å². The summed E-state index contributed by atoms with van der Waals surface area (Å²) in [5, 5.41) is 2.78. The van der Waals surface area contributed by atoms with Crippen LogP contribution in [0.1, 0.15) is 5.69 Å². The first-order valence-corrected chi connectivity index (χ1v) is 5.91. The van der Waals surface area contributed by atoms with E-state index in [1.54, 1.807) is 19.1 Å². The molecule has 0 bridgehead atoms. The molecule has 0 radical (unpaired) electrons. The summed E-state index contributed by atoms with van der Waals surface area (Å²) in [6.07, 6.45) is 0. The Labute approximate surface area is 111 Å². The second kappa shape index (κ2) is 4.89. The number of aryl methyl sites for hydroxylation is 1. The summed E-state index contributed by atoms with van der Waals surface area (Å²) in [5.41, 5.74) is 6.96. The average molecular weight is 314 g/mol. The van der Waals surface area contributed by atoms with E-state index >= 15 is 0 Å². The molecule has 0 aliphatic rings. The smallest absolute Gasteiger partial charge is 0.150 e. The van der Waals surface area contributed by atoms with Gasteiger partial charge in [-0.3, -0.25) is 0 Å². The number of aromatic nitrogens is 1. The molecule has 0 saturated carbocycles.